The molecule has 0 aromatic heterocycles. The van der Waals surface area contributed by atoms with Crippen LogP contribution in [0.15, 0.2) is 0 Å². The predicted octanol–water partition coefficient (Wildman–Crippen LogP) is 1.15. The molecule has 106 valence electrons. The van der Waals surface area contributed by atoms with Crippen molar-refractivity contribution in [2.75, 3.05) is 20.2 Å². The number of ether oxygens (including phenoxy) is 1. The largest absolute Gasteiger partial charge is 0.442 e. The highest BCUT2D eigenvalue weighted by atomic mass is 16.7. The van der Waals surface area contributed by atoms with Gasteiger partial charge in [0.2, 0.25) is 0 Å². The Labute approximate surface area is 108 Å². The lowest BCUT2D eigenvalue weighted by atomic mass is 10.2. The summed E-state index contributed by atoms with van der Waals surface area (Å²) in [4.78, 5) is 26.9. The first kappa shape index (κ1) is 16.5. The van der Waals surface area contributed by atoms with Crippen molar-refractivity contribution in [3.8, 4) is 0 Å². The molecule has 0 radical (unpaired) electrons. The smallest absolute Gasteiger partial charge is 0.431 e. The minimum absolute atomic E-state index is 0.206. The van der Waals surface area contributed by atoms with E-state index in [1.54, 1.807) is 27.8 Å². The second-order valence-corrected chi connectivity index (χ2v) is 4.67. The van der Waals surface area contributed by atoms with E-state index in [2.05, 4.69) is 16.1 Å². The van der Waals surface area contributed by atoms with Crippen LogP contribution in [0.25, 0.3) is 0 Å². The molecule has 0 rings (SSSR count). The summed E-state index contributed by atoms with van der Waals surface area (Å²) in [5.41, 5.74) is 1.65. The number of nitrogens with one attached hydrogen (secondary N) is 3. The summed E-state index contributed by atoms with van der Waals surface area (Å²) >= 11 is 0. The van der Waals surface area contributed by atoms with Gasteiger partial charge in [-0.2, -0.15) is 5.48 Å². The first-order chi connectivity index (χ1) is 8.35. The van der Waals surface area contributed by atoms with E-state index in [9.17, 15) is 9.59 Å². The Morgan fingerprint density at radius 1 is 1.17 bits per heavy atom. The van der Waals surface area contributed by atoms with Gasteiger partial charge in [-0.1, -0.05) is 0 Å². The number of hydrogen-bond donors (Lipinski definition) is 3. The Kier molecular flexibility index (Phi) is 7.86. The van der Waals surface area contributed by atoms with Crippen LogP contribution in [0.2, 0.25) is 0 Å². The Morgan fingerprint density at radius 3 is 2.39 bits per heavy atom. The summed E-state index contributed by atoms with van der Waals surface area (Å²) in [6, 6.07) is -0.206. The van der Waals surface area contributed by atoms with Crippen molar-refractivity contribution in [2.45, 2.75) is 39.2 Å². The van der Waals surface area contributed by atoms with E-state index in [0.717, 1.165) is 12.8 Å². The molecule has 0 aliphatic carbocycles. The van der Waals surface area contributed by atoms with E-state index in [-0.39, 0.29) is 6.03 Å². The number of carbonyl (C=O) groups excluding carboxylic acids is 2. The van der Waals surface area contributed by atoms with Gasteiger partial charge in [0.15, 0.2) is 0 Å². The molecule has 7 nitrogen and oxygen atoms in total. The molecule has 0 atom stereocenters. The highest BCUT2D eigenvalue weighted by molar-refractivity contribution is 5.73. The van der Waals surface area contributed by atoms with Crippen LogP contribution >= 0.6 is 0 Å². The second-order valence-electron chi connectivity index (χ2n) is 4.67. The molecular weight excluding hydrogens is 238 g/mol. The van der Waals surface area contributed by atoms with E-state index < -0.39 is 11.7 Å². The van der Waals surface area contributed by atoms with Crippen LogP contribution in [0, 0.1) is 0 Å². The fourth-order valence-electron chi connectivity index (χ4n) is 0.998. The van der Waals surface area contributed by atoms with Crippen LogP contribution in [0.1, 0.15) is 33.6 Å². The number of hydroxylamine groups is 1. The summed E-state index contributed by atoms with van der Waals surface area (Å²) < 4.78 is 4.97. The molecule has 0 aromatic rings. The van der Waals surface area contributed by atoms with Gasteiger partial charge in [-0.3, -0.25) is 4.84 Å². The first-order valence-electron chi connectivity index (χ1n) is 5.91. The van der Waals surface area contributed by atoms with Crippen molar-refractivity contribution in [2.24, 2.45) is 0 Å². The SMILES string of the molecule is CNC(=O)NCCCCONC(=O)OC(C)(C)C. The standard InChI is InChI=1S/C11H23N3O4/c1-11(2,3)18-10(16)14-17-8-6-5-7-13-9(15)12-4/h5-8H2,1-4H3,(H,14,16)(H2,12,13,15). The molecule has 0 spiro atoms. The summed E-state index contributed by atoms with van der Waals surface area (Å²) in [6.07, 6.45) is 0.884. The minimum atomic E-state index is -0.606. The molecule has 0 aromatic carbocycles. The molecule has 3 amide bonds. The maximum Gasteiger partial charge on any atom is 0.431 e. The molecule has 0 heterocycles. The van der Waals surface area contributed by atoms with Crippen LogP contribution in [0.4, 0.5) is 9.59 Å². The minimum Gasteiger partial charge on any atom is -0.442 e. The molecule has 0 unspecified atom stereocenters. The molecule has 0 fully saturated rings. The zero-order valence-electron chi connectivity index (χ0n) is 11.5. The zero-order valence-corrected chi connectivity index (χ0v) is 11.5. The van der Waals surface area contributed by atoms with Crippen molar-refractivity contribution in [3.63, 3.8) is 0 Å². The molecule has 18 heavy (non-hydrogen) atoms. The highest BCUT2D eigenvalue weighted by Crippen LogP contribution is 2.06. The van der Waals surface area contributed by atoms with Crippen LogP contribution in [-0.4, -0.2) is 37.9 Å². The number of amides is 3. The summed E-state index contributed by atoms with van der Waals surface area (Å²) in [6.45, 7) is 6.26. The van der Waals surface area contributed by atoms with Crippen molar-refractivity contribution in [1.82, 2.24) is 16.1 Å². The third-order valence-corrected chi connectivity index (χ3v) is 1.74. The molecule has 7 heteroatoms. The zero-order chi connectivity index (χ0) is 14.0. The number of rotatable bonds is 6. The third-order valence-electron chi connectivity index (χ3n) is 1.74. The average Bonchev–Trinajstić information content (AvgIpc) is 2.25. The fourth-order valence-corrected chi connectivity index (χ4v) is 0.998. The van der Waals surface area contributed by atoms with Gasteiger partial charge in [-0.05, 0) is 33.6 Å². The molecule has 0 bridgehead atoms. The Balaban J connectivity index is 3.35. The maximum atomic E-state index is 11.2. The Hall–Kier alpha value is -1.50. The van der Waals surface area contributed by atoms with Crippen LogP contribution in [0.3, 0.4) is 0 Å². The van der Waals surface area contributed by atoms with Crippen molar-refractivity contribution >= 4 is 12.1 Å². The molecule has 0 saturated carbocycles. The lowest BCUT2D eigenvalue weighted by Gasteiger charge is -2.19. The van der Waals surface area contributed by atoms with Gasteiger partial charge in [-0.25, -0.2) is 9.59 Å². The normalized spacial score (nSPS) is 10.7. The van der Waals surface area contributed by atoms with Crippen molar-refractivity contribution in [3.05, 3.63) is 0 Å². The average molecular weight is 261 g/mol. The van der Waals surface area contributed by atoms with Crippen LogP contribution in [-0.2, 0) is 9.57 Å². The summed E-state index contributed by atoms with van der Waals surface area (Å²) in [7, 11) is 1.56. The van der Waals surface area contributed by atoms with Gasteiger partial charge in [0.05, 0.1) is 6.61 Å². The van der Waals surface area contributed by atoms with Crippen LogP contribution < -0.4 is 16.1 Å². The van der Waals surface area contributed by atoms with Gasteiger partial charge in [0.1, 0.15) is 5.60 Å². The van der Waals surface area contributed by atoms with E-state index in [1.807, 2.05) is 0 Å². The summed E-state index contributed by atoms with van der Waals surface area (Å²) in [5, 5.41) is 5.09. The topological polar surface area (TPSA) is 88.7 Å². The predicted molar refractivity (Wildman–Crippen MR) is 67.0 cm³/mol. The van der Waals surface area contributed by atoms with Gasteiger partial charge in [0, 0.05) is 13.6 Å². The molecule has 0 aliphatic rings. The third kappa shape index (κ3) is 11.0. The number of unbranched alkanes of at least 4 members (excludes halogenated alkanes) is 1. The van der Waals surface area contributed by atoms with Gasteiger partial charge < -0.3 is 15.4 Å². The fraction of sp³-hybridized carbons (Fsp3) is 0.818. The van der Waals surface area contributed by atoms with Crippen LogP contribution in [0.5, 0.6) is 0 Å². The van der Waals surface area contributed by atoms with Crippen molar-refractivity contribution in [1.29, 1.82) is 0 Å². The Morgan fingerprint density at radius 2 is 1.83 bits per heavy atom. The highest BCUT2D eigenvalue weighted by Gasteiger charge is 2.15. The second kappa shape index (κ2) is 8.57. The molecule has 3 N–H and O–H groups in total. The van der Waals surface area contributed by atoms with Gasteiger partial charge in [-0.15, -0.1) is 0 Å². The van der Waals surface area contributed by atoms with E-state index >= 15 is 0 Å². The Bertz CT molecular complexity index is 264. The van der Waals surface area contributed by atoms with Crippen molar-refractivity contribution < 1.29 is 19.2 Å². The number of hydrogen-bond acceptors (Lipinski definition) is 4. The quantitative estimate of drug-likeness (QED) is 0.494. The number of urea groups is 1. The lowest BCUT2D eigenvalue weighted by Crippen LogP contribution is -2.34. The monoisotopic (exact) mass is 261 g/mol. The maximum absolute atomic E-state index is 11.2. The van der Waals surface area contributed by atoms with E-state index in [0.29, 0.717) is 13.2 Å². The summed E-state index contributed by atoms with van der Waals surface area (Å²) in [5.74, 6) is 0. The van der Waals surface area contributed by atoms with Gasteiger partial charge >= 0.3 is 12.1 Å². The first-order valence-corrected chi connectivity index (χ1v) is 5.91. The number of carbonyl (C=O) groups is 2. The van der Waals surface area contributed by atoms with E-state index in [4.69, 9.17) is 9.57 Å². The molecule has 0 saturated heterocycles. The van der Waals surface area contributed by atoms with E-state index in [1.165, 1.54) is 0 Å². The van der Waals surface area contributed by atoms with Gasteiger partial charge in [0.25, 0.3) is 0 Å². The molecular formula is C11H23N3O4. The lowest BCUT2D eigenvalue weighted by molar-refractivity contribution is -0.00845. The molecule has 0 aliphatic heterocycles.